The van der Waals surface area contributed by atoms with E-state index in [4.69, 9.17) is 10.2 Å². The smallest absolute Gasteiger partial charge is 0.307 e. The highest BCUT2D eigenvalue weighted by Crippen LogP contribution is 2.42. The van der Waals surface area contributed by atoms with Gasteiger partial charge in [0.25, 0.3) is 0 Å². The zero-order chi connectivity index (χ0) is 17.3. The number of thiophene rings is 3. The van der Waals surface area contributed by atoms with Crippen LogP contribution in [0, 0.1) is 6.92 Å². The summed E-state index contributed by atoms with van der Waals surface area (Å²) in [6, 6.07) is 7.74. The van der Waals surface area contributed by atoms with Gasteiger partial charge in [-0.15, -0.1) is 34.0 Å². The molecule has 124 valence electrons. The summed E-state index contributed by atoms with van der Waals surface area (Å²) in [4.78, 5) is 27.1. The Balaban J connectivity index is 1.96. The highest BCUT2D eigenvalue weighted by Gasteiger charge is 2.17. The number of carboxylic acid groups (broad SMARTS) is 2. The number of hydrogen-bond acceptors (Lipinski definition) is 5. The van der Waals surface area contributed by atoms with Crippen molar-refractivity contribution in [3.63, 3.8) is 0 Å². The molecule has 0 bridgehead atoms. The van der Waals surface area contributed by atoms with Crippen LogP contribution in [-0.4, -0.2) is 22.2 Å². The summed E-state index contributed by atoms with van der Waals surface area (Å²) >= 11 is 4.70. The molecular weight excluding hydrogens is 364 g/mol. The fraction of sp³-hybridized carbons (Fsp3) is 0.176. The Kier molecular flexibility index (Phi) is 4.84. The molecule has 0 aliphatic rings. The Morgan fingerprint density at radius 2 is 1.54 bits per heavy atom. The van der Waals surface area contributed by atoms with Crippen LogP contribution in [0.15, 0.2) is 29.6 Å². The molecule has 0 aromatic carbocycles. The van der Waals surface area contributed by atoms with E-state index in [1.165, 1.54) is 11.3 Å². The van der Waals surface area contributed by atoms with Crippen LogP contribution in [0.3, 0.4) is 0 Å². The molecule has 3 aromatic heterocycles. The first-order valence-electron chi connectivity index (χ1n) is 7.14. The van der Waals surface area contributed by atoms with Crippen LogP contribution in [0.2, 0.25) is 0 Å². The molecule has 3 aromatic rings. The van der Waals surface area contributed by atoms with Crippen molar-refractivity contribution in [2.24, 2.45) is 0 Å². The first-order chi connectivity index (χ1) is 11.4. The zero-order valence-corrected chi connectivity index (χ0v) is 15.2. The van der Waals surface area contributed by atoms with Crippen LogP contribution in [0.4, 0.5) is 0 Å². The molecule has 4 nitrogen and oxygen atoms in total. The number of aliphatic carboxylic acids is 2. The summed E-state index contributed by atoms with van der Waals surface area (Å²) in [6.45, 7) is 1.97. The lowest BCUT2D eigenvalue weighted by Crippen LogP contribution is -1.99. The highest BCUT2D eigenvalue weighted by atomic mass is 32.1. The molecule has 0 radical (unpaired) electrons. The summed E-state index contributed by atoms with van der Waals surface area (Å²) in [5.74, 6) is -1.68. The lowest BCUT2D eigenvalue weighted by Gasteiger charge is -1.99. The van der Waals surface area contributed by atoms with E-state index in [1.54, 1.807) is 22.7 Å². The summed E-state index contributed by atoms with van der Waals surface area (Å²) in [5.41, 5.74) is 1.64. The molecule has 2 N–H and O–H groups in total. The first kappa shape index (κ1) is 16.9. The molecule has 0 aliphatic heterocycles. The van der Waals surface area contributed by atoms with Crippen LogP contribution >= 0.6 is 34.0 Å². The van der Waals surface area contributed by atoms with E-state index in [0.717, 1.165) is 35.5 Å². The minimum absolute atomic E-state index is 0.00837. The van der Waals surface area contributed by atoms with Crippen molar-refractivity contribution in [3.05, 3.63) is 45.6 Å². The van der Waals surface area contributed by atoms with E-state index in [-0.39, 0.29) is 12.8 Å². The Morgan fingerprint density at radius 1 is 0.917 bits per heavy atom. The van der Waals surface area contributed by atoms with Crippen molar-refractivity contribution >= 4 is 45.9 Å². The second-order valence-corrected chi connectivity index (χ2v) is 8.55. The topological polar surface area (TPSA) is 74.6 Å². The van der Waals surface area contributed by atoms with Crippen LogP contribution < -0.4 is 0 Å². The van der Waals surface area contributed by atoms with E-state index in [9.17, 15) is 9.59 Å². The number of hydrogen-bond donors (Lipinski definition) is 2. The Hall–Kier alpha value is -1.96. The maximum atomic E-state index is 11.1. The molecule has 0 saturated heterocycles. The fourth-order valence-corrected chi connectivity index (χ4v) is 5.78. The Morgan fingerprint density at radius 3 is 2.21 bits per heavy atom. The van der Waals surface area contributed by atoms with Gasteiger partial charge in [-0.3, -0.25) is 9.59 Å². The van der Waals surface area contributed by atoms with Crippen molar-refractivity contribution in [2.45, 2.75) is 19.8 Å². The van der Waals surface area contributed by atoms with Gasteiger partial charge in [-0.1, -0.05) is 0 Å². The van der Waals surface area contributed by atoms with E-state index < -0.39 is 11.9 Å². The highest BCUT2D eigenvalue weighted by molar-refractivity contribution is 7.26. The lowest BCUT2D eigenvalue weighted by atomic mass is 10.1. The Bertz CT molecular complexity index is 901. The molecule has 7 heteroatoms. The fourth-order valence-electron chi connectivity index (χ4n) is 2.51. The SMILES string of the molecule is Cc1cc(CC(=O)O)c(-c2ccc(-c3sccc3CC(=O)O)s2)s1. The van der Waals surface area contributed by atoms with Gasteiger partial charge in [-0.05, 0) is 47.7 Å². The number of carbonyl (C=O) groups is 2. The molecule has 24 heavy (non-hydrogen) atoms. The normalized spacial score (nSPS) is 10.9. The molecule has 0 aliphatic carbocycles. The second kappa shape index (κ2) is 6.88. The lowest BCUT2D eigenvalue weighted by molar-refractivity contribution is -0.137. The molecule has 0 spiro atoms. The van der Waals surface area contributed by atoms with Gasteiger partial charge >= 0.3 is 11.9 Å². The third kappa shape index (κ3) is 3.58. The first-order valence-corrected chi connectivity index (χ1v) is 9.65. The molecule has 0 amide bonds. The molecule has 0 saturated carbocycles. The molecule has 0 atom stereocenters. The summed E-state index contributed by atoms with van der Waals surface area (Å²) in [7, 11) is 0. The predicted octanol–water partition coefficient (Wildman–Crippen LogP) is 4.77. The minimum Gasteiger partial charge on any atom is -0.481 e. The van der Waals surface area contributed by atoms with Crippen LogP contribution in [0.5, 0.6) is 0 Å². The van der Waals surface area contributed by atoms with Gasteiger partial charge in [0.15, 0.2) is 0 Å². The van der Waals surface area contributed by atoms with Crippen molar-refractivity contribution in [1.82, 2.24) is 0 Å². The maximum absolute atomic E-state index is 11.1. The van der Waals surface area contributed by atoms with E-state index in [0.29, 0.717) is 0 Å². The molecular formula is C17H14O4S3. The molecule has 3 rings (SSSR count). The van der Waals surface area contributed by atoms with E-state index >= 15 is 0 Å². The van der Waals surface area contributed by atoms with E-state index in [2.05, 4.69) is 0 Å². The summed E-state index contributed by atoms with van der Waals surface area (Å²) in [6.07, 6.45) is 0.0185. The third-order valence-corrected chi connectivity index (χ3v) is 6.91. The van der Waals surface area contributed by atoms with Gasteiger partial charge in [-0.25, -0.2) is 0 Å². The minimum atomic E-state index is -0.843. The largest absolute Gasteiger partial charge is 0.481 e. The number of rotatable bonds is 6. The monoisotopic (exact) mass is 378 g/mol. The van der Waals surface area contributed by atoms with Crippen molar-refractivity contribution in [1.29, 1.82) is 0 Å². The van der Waals surface area contributed by atoms with Crippen molar-refractivity contribution < 1.29 is 19.8 Å². The average molecular weight is 378 g/mol. The van der Waals surface area contributed by atoms with Crippen LogP contribution in [0.25, 0.3) is 19.5 Å². The number of aryl methyl sites for hydroxylation is 1. The van der Waals surface area contributed by atoms with E-state index in [1.807, 2.05) is 36.6 Å². The van der Waals surface area contributed by atoms with Gasteiger partial charge in [0.05, 0.1) is 12.8 Å². The van der Waals surface area contributed by atoms with Crippen molar-refractivity contribution in [3.8, 4) is 19.5 Å². The number of carboxylic acids is 2. The second-order valence-electron chi connectivity index (χ2n) is 5.29. The third-order valence-electron chi connectivity index (χ3n) is 3.42. The molecule has 0 unspecified atom stereocenters. The van der Waals surface area contributed by atoms with Gasteiger partial charge in [0, 0.05) is 24.4 Å². The average Bonchev–Trinajstić information content (AvgIpc) is 3.17. The maximum Gasteiger partial charge on any atom is 0.307 e. The Labute approximate surface area is 150 Å². The van der Waals surface area contributed by atoms with Crippen LogP contribution in [-0.2, 0) is 22.4 Å². The quantitative estimate of drug-likeness (QED) is 0.648. The van der Waals surface area contributed by atoms with Crippen LogP contribution in [0.1, 0.15) is 16.0 Å². The summed E-state index contributed by atoms with van der Waals surface area (Å²) in [5, 5.41) is 20.0. The van der Waals surface area contributed by atoms with Crippen molar-refractivity contribution in [2.75, 3.05) is 0 Å². The van der Waals surface area contributed by atoms with Gasteiger partial charge in [-0.2, -0.15) is 0 Å². The summed E-state index contributed by atoms with van der Waals surface area (Å²) < 4.78 is 0. The standard InChI is InChI=1S/C17H14O4S3/c1-9-6-11(8-15(20)21)17(23-9)13-3-2-12(24-13)16-10(4-5-22-16)7-14(18)19/h2-6H,7-8H2,1H3,(H,18,19)(H,20,21). The molecule has 3 heterocycles. The van der Waals surface area contributed by atoms with Gasteiger partial charge < -0.3 is 10.2 Å². The van der Waals surface area contributed by atoms with Gasteiger partial charge in [0.1, 0.15) is 0 Å². The van der Waals surface area contributed by atoms with Gasteiger partial charge in [0.2, 0.25) is 0 Å². The zero-order valence-electron chi connectivity index (χ0n) is 12.7. The predicted molar refractivity (Wildman–Crippen MR) is 98.4 cm³/mol. The molecule has 0 fully saturated rings.